The molecule has 0 aromatic carbocycles. The lowest BCUT2D eigenvalue weighted by atomic mass is 9.95. The van der Waals surface area contributed by atoms with Crippen LogP contribution in [-0.2, 0) is 70.1 Å². The summed E-state index contributed by atoms with van der Waals surface area (Å²) in [5.41, 5.74) is 5.99. The Kier molecular flexibility index (Phi) is 13.0. The van der Waals surface area contributed by atoms with Crippen LogP contribution < -0.4 is 5.73 Å². The van der Waals surface area contributed by atoms with Crippen LogP contribution in [0.25, 0.3) is 11.2 Å². The van der Waals surface area contributed by atoms with E-state index in [2.05, 4.69) is 24.0 Å². The van der Waals surface area contributed by atoms with E-state index in [0.717, 1.165) is 34.0 Å². The number of nitrogen functional groups attached to an aromatic ring is 1. The number of rotatable bonds is 14. The Morgan fingerprint density at radius 2 is 1.52 bits per heavy atom. The molecule has 0 bridgehead atoms. The molecule has 27 heteroatoms. The van der Waals surface area contributed by atoms with Gasteiger partial charge in [0.1, 0.15) is 42.9 Å². The number of hydrogen-bond acceptors (Lipinski definition) is 21. The second-order valence-electron chi connectivity index (χ2n) is 11.1. The normalized spacial score (nSPS) is 30.4. The minimum absolute atomic E-state index is 0.00312. The maximum absolute atomic E-state index is 15.4. The molecule has 52 heavy (non-hydrogen) atoms. The predicted molar refractivity (Wildman–Crippen MR) is 160 cm³/mol. The van der Waals surface area contributed by atoms with Crippen molar-refractivity contribution in [3.63, 3.8) is 0 Å². The second kappa shape index (κ2) is 16.5. The molecule has 6 N–H and O–H groups in total. The first-order valence-electron chi connectivity index (χ1n) is 14.8. The number of aliphatic hydroxyl groups excluding tert-OH is 2. The number of halogens is 1. The van der Waals surface area contributed by atoms with Crippen LogP contribution in [0.15, 0.2) is 12.7 Å². The number of aromatic nitrogens is 4. The van der Waals surface area contributed by atoms with Gasteiger partial charge in [0.05, 0.1) is 12.9 Å². The lowest BCUT2D eigenvalue weighted by Gasteiger charge is -2.44. The van der Waals surface area contributed by atoms with Crippen molar-refractivity contribution < 1.29 is 94.5 Å². The van der Waals surface area contributed by atoms with Crippen LogP contribution in [-0.4, -0.2) is 132 Å². The molecule has 2 aromatic rings. The molecule has 6 unspecified atom stereocenters. The zero-order valence-corrected chi connectivity index (χ0v) is 29.2. The highest BCUT2D eigenvalue weighted by Gasteiger charge is 2.57. The molecule has 290 valence electrons. The highest BCUT2D eigenvalue weighted by Crippen LogP contribution is 2.61. The van der Waals surface area contributed by atoms with Gasteiger partial charge in [-0.1, -0.05) is 0 Å². The van der Waals surface area contributed by atoms with Crippen molar-refractivity contribution in [2.45, 2.75) is 89.1 Å². The van der Waals surface area contributed by atoms with Crippen molar-refractivity contribution in [1.29, 1.82) is 0 Å². The fourth-order valence-corrected chi connectivity index (χ4v) is 7.25. The summed E-state index contributed by atoms with van der Waals surface area (Å²) in [5, 5.41) is 21.1. The highest BCUT2D eigenvalue weighted by atomic mass is 31.3. The summed E-state index contributed by atoms with van der Waals surface area (Å²) in [7, 11) is -11.6. The molecule has 4 rings (SSSR count). The van der Waals surface area contributed by atoms with Gasteiger partial charge in [0.25, 0.3) is 0 Å². The molecule has 12 atom stereocenters. The molecule has 0 amide bonds. The number of ether oxygens (including phenoxy) is 6. The minimum Gasteiger partial charge on any atom is -0.463 e. The summed E-state index contributed by atoms with van der Waals surface area (Å²) in [6.07, 6.45) is -17.3. The number of nitrogens with two attached hydrogens (primary N) is 1. The molecule has 2 aliphatic rings. The van der Waals surface area contributed by atoms with Crippen molar-refractivity contribution in [3.05, 3.63) is 12.7 Å². The zero-order chi connectivity index (χ0) is 38.7. The van der Waals surface area contributed by atoms with Crippen LogP contribution in [0.5, 0.6) is 0 Å². The van der Waals surface area contributed by atoms with Crippen LogP contribution >= 0.6 is 15.6 Å². The van der Waals surface area contributed by atoms with Crippen LogP contribution in [0.1, 0.15) is 33.9 Å². The van der Waals surface area contributed by atoms with Crippen LogP contribution in [0.4, 0.5) is 10.2 Å². The third kappa shape index (κ3) is 10.0. The molecule has 2 aromatic heterocycles. The quantitative estimate of drug-likeness (QED) is 0.0843. The molecule has 0 spiro atoms. The summed E-state index contributed by atoms with van der Waals surface area (Å²) >= 11 is 0. The first-order valence-corrected chi connectivity index (χ1v) is 17.8. The van der Waals surface area contributed by atoms with Crippen LogP contribution in [0, 0.1) is 0 Å². The number of imidazole rings is 1. The monoisotopic (exact) mass is 789 g/mol. The summed E-state index contributed by atoms with van der Waals surface area (Å²) in [6.45, 7) is 1.40. The van der Waals surface area contributed by atoms with Crippen LogP contribution in [0.3, 0.4) is 0 Å². The molecular formula is C25H34FN5O19P2. The molecule has 0 aliphatic carbocycles. The lowest BCUT2D eigenvalue weighted by molar-refractivity contribution is -0.296. The average Bonchev–Trinajstić information content (AvgIpc) is 3.57. The number of nitrogens with zero attached hydrogens (tertiary/aromatic N) is 4. The molecule has 0 saturated carbocycles. The van der Waals surface area contributed by atoms with Gasteiger partial charge < -0.3 is 54.2 Å². The second-order valence-corrected chi connectivity index (χ2v) is 14.1. The molecule has 2 saturated heterocycles. The summed E-state index contributed by atoms with van der Waals surface area (Å²) in [5.74, 6) is -4.31. The van der Waals surface area contributed by atoms with E-state index >= 15 is 4.39 Å². The number of carbonyl (C=O) groups is 4. The first-order chi connectivity index (χ1) is 24.2. The Bertz CT molecular complexity index is 1750. The van der Waals surface area contributed by atoms with Crippen molar-refractivity contribution in [2.24, 2.45) is 0 Å². The van der Waals surface area contributed by atoms with Gasteiger partial charge in [-0.3, -0.25) is 32.8 Å². The number of fused-ring (bicyclic) bond motifs is 1. The van der Waals surface area contributed by atoms with E-state index in [9.17, 15) is 48.3 Å². The van der Waals surface area contributed by atoms with E-state index in [1.54, 1.807) is 0 Å². The van der Waals surface area contributed by atoms with Gasteiger partial charge >= 0.3 is 39.5 Å². The van der Waals surface area contributed by atoms with E-state index in [4.69, 9.17) is 38.5 Å². The molecule has 4 heterocycles. The molecule has 2 aliphatic heterocycles. The van der Waals surface area contributed by atoms with Gasteiger partial charge in [-0.05, 0) is 0 Å². The standard InChI is InChI=1S/C25H34FN5O19P2/c1-9(32)42-5-13(26)18-19(44-10(2)33)20(45-11(3)34)21(46-12(4)35)25(48-18)49-52(40,41)50-51(38,39)43-6-14-16(36)17(37)24(47-14)31-8-30-15-22(27)28-7-29-23(15)31/h7-8,13-14,16-21,24-25,36-37H,5-6H2,1-4H3,(H,38,39)(H,40,41)(H2,27,28,29)/t13-,14+,16?,17?,18?,19+,20?,21+,24+,25-/m0/s1. The number of phosphoric acid groups is 2. The fourth-order valence-electron chi connectivity index (χ4n) is 5.10. The Labute approximate surface area is 291 Å². The van der Waals surface area contributed by atoms with Gasteiger partial charge in [-0.2, -0.15) is 4.31 Å². The van der Waals surface area contributed by atoms with Crippen LogP contribution in [0.2, 0.25) is 0 Å². The molecule has 0 radical (unpaired) electrons. The number of anilines is 1. The predicted octanol–water partition coefficient (Wildman–Crippen LogP) is -1.30. The van der Waals surface area contributed by atoms with Gasteiger partial charge in [-0.25, -0.2) is 28.5 Å². The largest absolute Gasteiger partial charge is 0.483 e. The smallest absolute Gasteiger partial charge is 0.463 e. The van der Waals surface area contributed by atoms with Crippen molar-refractivity contribution in [2.75, 3.05) is 18.9 Å². The van der Waals surface area contributed by atoms with Gasteiger partial charge in [0.2, 0.25) is 6.29 Å². The third-order valence-corrected chi connectivity index (χ3v) is 9.68. The molecular weight excluding hydrogens is 755 g/mol. The Morgan fingerprint density at radius 1 is 0.904 bits per heavy atom. The number of aliphatic hydroxyl groups is 2. The van der Waals surface area contributed by atoms with Gasteiger partial charge in [0.15, 0.2) is 42.2 Å². The first kappa shape index (κ1) is 41.0. The van der Waals surface area contributed by atoms with E-state index in [0.29, 0.717) is 0 Å². The van der Waals surface area contributed by atoms with E-state index in [1.165, 1.54) is 10.9 Å². The van der Waals surface area contributed by atoms with Gasteiger partial charge in [0, 0.05) is 27.7 Å². The Hall–Kier alpha value is -3.74. The third-order valence-electron chi connectivity index (χ3n) is 7.08. The summed E-state index contributed by atoms with van der Waals surface area (Å²) in [4.78, 5) is 79.8. The number of carbonyl (C=O) groups excluding carboxylic acids is 4. The maximum Gasteiger partial charge on any atom is 0.483 e. The SMILES string of the molecule is CC(=O)OC[C@H](F)C1O[C@@H](OP(=O)(O)OP(=O)(O)OC[C@H]2O[C@@H](n3cnc4c(N)ncnc43)C(O)C2O)[C@H](OC(C)=O)C(OC(C)=O)[C@@H]1OC(C)=O. The number of alkyl halides is 1. The fraction of sp³-hybridized carbons (Fsp3) is 0.640. The molecule has 24 nitrogen and oxygen atoms in total. The highest BCUT2D eigenvalue weighted by molar-refractivity contribution is 7.61. The number of phosphoric ester groups is 2. The number of hydrogen-bond donors (Lipinski definition) is 5. The topological polar surface area (TPSA) is 336 Å². The Morgan fingerprint density at radius 3 is 2.13 bits per heavy atom. The van der Waals surface area contributed by atoms with E-state index in [1.807, 2.05) is 0 Å². The molecule has 2 fully saturated rings. The Balaban J connectivity index is 1.52. The summed E-state index contributed by atoms with van der Waals surface area (Å²) in [6, 6.07) is 0. The summed E-state index contributed by atoms with van der Waals surface area (Å²) < 4.78 is 87.1. The van der Waals surface area contributed by atoms with E-state index < -0.39 is 114 Å². The lowest BCUT2D eigenvalue weighted by Crippen LogP contribution is -2.64. The van der Waals surface area contributed by atoms with Crippen molar-refractivity contribution in [1.82, 2.24) is 19.5 Å². The van der Waals surface area contributed by atoms with Crippen molar-refractivity contribution in [3.8, 4) is 0 Å². The average molecular weight is 790 g/mol. The van der Waals surface area contributed by atoms with Crippen molar-refractivity contribution >= 4 is 56.5 Å². The minimum atomic E-state index is -5.93. The zero-order valence-electron chi connectivity index (χ0n) is 27.4. The van der Waals surface area contributed by atoms with Gasteiger partial charge in [-0.15, -0.1) is 0 Å². The maximum atomic E-state index is 15.4. The number of esters is 4. The van der Waals surface area contributed by atoms with E-state index in [-0.39, 0.29) is 17.0 Å².